The molecule has 96 valence electrons. The molecule has 0 atom stereocenters. The van der Waals surface area contributed by atoms with Crippen LogP contribution >= 0.6 is 0 Å². The van der Waals surface area contributed by atoms with Crippen LogP contribution in [0.15, 0.2) is 12.4 Å². The third kappa shape index (κ3) is 4.69. The minimum Gasteiger partial charge on any atom is -0.356 e. The quantitative estimate of drug-likeness (QED) is 0.788. The molecule has 0 fully saturated rings. The number of hydrogen-bond donors (Lipinski definition) is 1. The summed E-state index contributed by atoms with van der Waals surface area (Å²) >= 11 is 0. The molecular formula is C13H24N4. The van der Waals surface area contributed by atoms with Crippen LogP contribution < -0.4 is 10.2 Å². The summed E-state index contributed by atoms with van der Waals surface area (Å²) < 4.78 is 0. The summed E-state index contributed by atoms with van der Waals surface area (Å²) in [5, 5.41) is 3.36. The van der Waals surface area contributed by atoms with Crippen molar-refractivity contribution < 1.29 is 0 Å². The Morgan fingerprint density at radius 2 is 2.06 bits per heavy atom. The van der Waals surface area contributed by atoms with E-state index >= 15 is 0 Å². The fourth-order valence-corrected chi connectivity index (χ4v) is 1.65. The van der Waals surface area contributed by atoms with Crippen LogP contribution in [0.5, 0.6) is 0 Å². The SMILES string of the molecule is CCCN(CC)c1cncc(CNC(C)C)n1. The summed E-state index contributed by atoms with van der Waals surface area (Å²) in [7, 11) is 0. The Morgan fingerprint density at radius 1 is 1.29 bits per heavy atom. The van der Waals surface area contributed by atoms with Crippen molar-refractivity contribution in [2.24, 2.45) is 0 Å². The first kappa shape index (κ1) is 13.9. The van der Waals surface area contributed by atoms with Crippen LogP contribution in [0.3, 0.4) is 0 Å². The van der Waals surface area contributed by atoms with E-state index in [1.54, 1.807) is 0 Å². The van der Waals surface area contributed by atoms with Gasteiger partial charge in [0.2, 0.25) is 0 Å². The van der Waals surface area contributed by atoms with Crippen LogP contribution in [0.4, 0.5) is 5.82 Å². The van der Waals surface area contributed by atoms with Gasteiger partial charge in [-0.15, -0.1) is 0 Å². The molecule has 1 aromatic heterocycles. The van der Waals surface area contributed by atoms with Crippen LogP contribution in [0.25, 0.3) is 0 Å². The molecule has 0 saturated carbocycles. The van der Waals surface area contributed by atoms with E-state index in [4.69, 9.17) is 0 Å². The van der Waals surface area contributed by atoms with Gasteiger partial charge >= 0.3 is 0 Å². The molecule has 1 N–H and O–H groups in total. The molecule has 0 aliphatic carbocycles. The average Bonchev–Trinajstić information content (AvgIpc) is 2.34. The van der Waals surface area contributed by atoms with Crippen molar-refractivity contribution in [2.45, 2.75) is 46.7 Å². The van der Waals surface area contributed by atoms with Crippen LogP contribution in [-0.2, 0) is 6.54 Å². The van der Waals surface area contributed by atoms with Gasteiger partial charge < -0.3 is 10.2 Å². The maximum atomic E-state index is 4.64. The molecule has 4 nitrogen and oxygen atoms in total. The van der Waals surface area contributed by atoms with Gasteiger partial charge in [0.1, 0.15) is 5.82 Å². The zero-order valence-electron chi connectivity index (χ0n) is 11.4. The molecule has 0 unspecified atom stereocenters. The van der Waals surface area contributed by atoms with Crippen LogP contribution in [-0.4, -0.2) is 29.1 Å². The maximum Gasteiger partial charge on any atom is 0.147 e. The Morgan fingerprint density at radius 3 is 2.65 bits per heavy atom. The lowest BCUT2D eigenvalue weighted by Gasteiger charge is -2.21. The largest absolute Gasteiger partial charge is 0.356 e. The number of aromatic nitrogens is 2. The number of anilines is 1. The van der Waals surface area contributed by atoms with Crippen molar-refractivity contribution in [1.82, 2.24) is 15.3 Å². The summed E-state index contributed by atoms with van der Waals surface area (Å²) in [6.45, 7) is 11.4. The first-order valence-corrected chi connectivity index (χ1v) is 6.46. The van der Waals surface area contributed by atoms with Gasteiger partial charge in [0.05, 0.1) is 11.9 Å². The second kappa shape index (κ2) is 7.22. The molecule has 1 aromatic rings. The summed E-state index contributed by atoms with van der Waals surface area (Å²) in [6.07, 6.45) is 4.81. The molecule has 4 heteroatoms. The molecule has 1 rings (SSSR count). The Labute approximate surface area is 104 Å². The lowest BCUT2D eigenvalue weighted by Crippen LogP contribution is -2.26. The van der Waals surface area contributed by atoms with Gasteiger partial charge in [0.25, 0.3) is 0 Å². The molecule has 0 aliphatic heterocycles. The van der Waals surface area contributed by atoms with Gasteiger partial charge in [-0.25, -0.2) is 4.98 Å². The van der Waals surface area contributed by atoms with Gasteiger partial charge in [-0.1, -0.05) is 20.8 Å². The van der Waals surface area contributed by atoms with Gasteiger partial charge in [-0.05, 0) is 13.3 Å². The fraction of sp³-hybridized carbons (Fsp3) is 0.692. The average molecular weight is 236 g/mol. The monoisotopic (exact) mass is 236 g/mol. The molecule has 0 spiro atoms. The molecule has 0 aliphatic rings. The Hall–Kier alpha value is -1.16. The minimum atomic E-state index is 0.471. The third-order valence-electron chi connectivity index (χ3n) is 2.56. The van der Waals surface area contributed by atoms with Gasteiger partial charge in [0.15, 0.2) is 0 Å². The molecule has 17 heavy (non-hydrogen) atoms. The van der Waals surface area contributed by atoms with Crippen molar-refractivity contribution in [2.75, 3.05) is 18.0 Å². The number of nitrogens with one attached hydrogen (secondary N) is 1. The predicted molar refractivity (Wildman–Crippen MR) is 72.2 cm³/mol. The zero-order valence-corrected chi connectivity index (χ0v) is 11.4. The molecule has 0 aromatic carbocycles. The highest BCUT2D eigenvalue weighted by Crippen LogP contribution is 2.09. The van der Waals surface area contributed by atoms with E-state index in [0.717, 1.165) is 37.6 Å². The lowest BCUT2D eigenvalue weighted by molar-refractivity contribution is 0.579. The molecule has 0 radical (unpaired) electrons. The maximum absolute atomic E-state index is 4.64. The smallest absolute Gasteiger partial charge is 0.147 e. The van der Waals surface area contributed by atoms with E-state index in [1.165, 1.54) is 0 Å². The number of hydrogen-bond acceptors (Lipinski definition) is 4. The van der Waals surface area contributed by atoms with E-state index in [1.807, 2.05) is 12.4 Å². The zero-order chi connectivity index (χ0) is 12.7. The first-order valence-electron chi connectivity index (χ1n) is 6.46. The highest BCUT2D eigenvalue weighted by Gasteiger charge is 2.06. The molecule has 1 heterocycles. The van der Waals surface area contributed by atoms with Gasteiger partial charge in [0, 0.05) is 31.9 Å². The normalized spacial score (nSPS) is 10.9. The first-order chi connectivity index (χ1) is 8.17. The van der Waals surface area contributed by atoms with Crippen molar-refractivity contribution in [3.63, 3.8) is 0 Å². The van der Waals surface area contributed by atoms with Crippen molar-refractivity contribution in [3.8, 4) is 0 Å². The van der Waals surface area contributed by atoms with E-state index in [9.17, 15) is 0 Å². The minimum absolute atomic E-state index is 0.471. The molecule has 0 saturated heterocycles. The second-order valence-electron chi connectivity index (χ2n) is 4.48. The van der Waals surface area contributed by atoms with Crippen LogP contribution in [0.2, 0.25) is 0 Å². The molecular weight excluding hydrogens is 212 g/mol. The van der Waals surface area contributed by atoms with Crippen molar-refractivity contribution in [3.05, 3.63) is 18.1 Å². The topological polar surface area (TPSA) is 41.1 Å². The van der Waals surface area contributed by atoms with Gasteiger partial charge in [-0.2, -0.15) is 0 Å². The van der Waals surface area contributed by atoms with Crippen molar-refractivity contribution in [1.29, 1.82) is 0 Å². The van der Waals surface area contributed by atoms with Crippen LogP contribution in [0.1, 0.15) is 39.8 Å². The summed E-state index contributed by atoms with van der Waals surface area (Å²) in [4.78, 5) is 11.2. The second-order valence-corrected chi connectivity index (χ2v) is 4.48. The van der Waals surface area contributed by atoms with E-state index < -0.39 is 0 Å². The third-order valence-corrected chi connectivity index (χ3v) is 2.56. The Bertz CT molecular complexity index is 325. The Kier molecular flexibility index (Phi) is 5.91. The number of rotatable bonds is 7. The highest BCUT2D eigenvalue weighted by molar-refractivity contribution is 5.35. The van der Waals surface area contributed by atoms with E-state index in [2.05, 4.69) is 47.9 Å². The number of nitrogens with zero attached hydrogens (tertiary/aromatic N) is 3. The highest BCUT2D eigenvalue weighted by atomic mass is 15.2. The summed E-state index contributed by atoms with van der Waals surface area (Å²) in [5.41, 5.74) is 1.01. The van der Waals surface area contributed by atoms with E-state index in [-0.39, 0.29) is 0 Å². The predicted octanol–water partition coefficient (Wildman–Crippen LogP) is 2.21. The molecule has 0 bridgehead atoms. The standard InChI is InChI=1S/C13H24N4/c1-5-7-17(6-2)13-10-14-8-12(16-13)9-15-11(3)4/h8,10-11,15H,5-7,9H2,1-4H3. The Balaban J connectivity index is 2.69. The van der Waals surface area contributed by atoms with E-state index in [0.29, 0.717) is 6.04 Å². The summed E-state index contributed by atoms with van der Waals surface area (Å²) in [5.74, 6) is 0.984. The van der Waals surface area contributed by atoms with Crippen molar-refractivity contribution >= 4 is 5.82 Å². The summed E-state index contributed by atoms with van der Waals surface area (Å²) in [6, 6.07) is 0.471. The van der Waals surface area contributed by atoms with Crippen LogP contribution in [0, 0.1) is 0 Å². The molecule has 0 amide bonds. The lowest BCUT2D eigenvalue weighted by atomic mass is 10.3. The fourth-order valence-electron chi connectivity index (χ4n) is 1.65. The van der Waals surface area contributed by atoms with Gasteiger partial charge in [-0.3, -0.25) is 4.98 Å².